The molecule has 0 aromatic heterocycles. The van der Waals surface area contributed by atoms with Crippen molar-refractivity contribution in [1.82, 2.24) is 0 Å². The Balaban J connectivity index is 3.37. The Hall–Kier alpha value is -0.950. The van der Waals surface area contributed by atoms with Crippen molar-refractivity contribution in [3.8, 4) is 0 Å². The molecule has 3 heteroatoms. The molecule has 0 heterocycles. The van der Waals surface area contributed by atoms with E-state index in [2.05, 4.69) is 4.74 Å². The van der Waals surface area contributed by atoms with Crippen LogP contribution in [0.3, 0.4) is 0 Å². The lowest BCUT2D eigenvalue weighted by Crippen LogP contribution is -2.07. The maximum Gasteiger partial charge on any atom is 0.148 e. The van der Waals surface area contributed by atoms with Crippen LogP contribution in [0.15, 0.2) is 5.95 Å². The number of hydrogen-bond donors (Lipinski definition) is 0. The second kappa shape index (κ2) is 3.25. The molecule has 0 spiro atoms. The molecule has 0 bridgehead atoms. The van der Waals surface area contributed by atoms with Gasteiger partial charge in [0.2, 0.25) is 0 Å². The van der Waals surface area contributed by atoms with Crippen molar-refractivity contribution in [1.29, 1.82) is 0 Å². The SMILES string of the molecule is CCOC([O-])=C=O. The van der Waals surface area contributed by atoms with Gasteiger partial charge in [-0.15, -0.1) is 0 Å². The molecule has 0 radical (unpaired) electrons. The van der Waals surface area contributed by atoms with Gasteiger partial charge < -0.3 is 9.84 Å². The van der Waals surface area contributed by atoms with Gasteiger partial charge in [-0.1, -0.05) is 6.92 Å². The average Bonchev–Trinajstić information content (AvgIpc) is 1.68. The quantitative estimate of drug-likeness (QED) is 0.333. The summed E-state index contributed by atoms with van der Waals surface area (Å²) in [5.41, 5.74) is 0. The maximum absolute atomic E-state index is 9.77. The maximum atomic E-state index is 9.77. The van der Waals surface area contributed by atoms with Crippen LogP contribution in [0.25, 0.3) is 0 Å². The van der Waals surface area contributed by atoms with E-state index in [1.807, 2.05) is 0 Å². The Labute approximate surface area is 41.2 Å². The largest absolute Gasteiger partial charge is 0.606 e. The molecule has 40 valence electrons. The molecule has 0 N–H and O–H groups in total. The molecule has 0 aliphatic rings. The predicted octanol–water partition coefficient (Wildman–Crippen LogP) is -0.944. The van der Waals surface area contributed by atoms with E-state index < -0.39 is 5.95 Å². The summed E-state index contributed by atoms with van der Waals surface area (Å²) in [6.45, 7) is 1.85. The molecule has 0 saturated carbocycles. The van der Waals surface area contributed by atoms with Crippen molar-refractivity contribution in [2.75, 3.05) is 6.61 Å². The lowest BCUT2D eigenvalue weighted by atomic mass is 10.8. The molecule has 0 saturated heterocycles. The monoisotopic (exact) mass is 101 g/mol. The Morgan fingerprint density at radius 3 is 2.71 bits per heavy atom. The van der Waals surface area contributed by atoms with Gasteiger partial charge in [-0.25, -0.2) is 4.79 Å². The summed E-state index contributed by atoms with van der Waals surface area (Å²) in [7, 11) is 0. The van der Waals surface area contributed by atoms with E-state index in [0.717, 1.165) is 5.94 Å². The summed E-state index contributed by atoms with van der Waals surface area (Å²) in [5, 5.41) is 9.77. The number of hydrogen-bond acceptors (Lipinski definition) is 3. The zero-order chi connectivity index (χ0) is 5.70. The zero-order valence-corrected chi connectivity index (χ0v) is 3.93. The van der Waals surface area contributed by atoms with Gasteiger partial charge in [0.1, 0.15) is 11.9 Å². The highest BCUT2D eigenvalue weighted by Gasteiger charge is 1.69. The third kappa shape index (κ3) is 2.86. The van der Waals surface area contributed by atoms with Crippen molar-refractivity contribution < 1.29 is 14.6 Å². The minimum atomic E-state index is -0.928. The third-order valence-electron chi connectivity index (χ3n) is 0.359. The number of rotatable bonds is 2. The van der Waals surface area contributed by atoms with Crippen LogP contribution in [0.5, 0.6) is 0 Å². The predicted molar refractivity (Wildman–Crippen MR) is 20.8 cm³/mol. The molecule has 0 rings (SSSR count). The van der Waals surface area contributed by atoms with Gasteiger partial charge >= 0.3 is 0 Å². The molecular weight excluding hydrogens is 96.0 g/mol. The minimum absolute atomic E-state index is 0.230. The summed E-state index contributed by atoms with van der Waals surface area (Å²) in [5.74, 6) is 0.126. The molecule has 0 fully saturated rings. The van der Waals surface area contributed by atoms with Gasteiger partial charge in [-0.2, -0.15) is 0 Å². The molecular formula is C4H5O3-. The van der Waals surface area contributed by atoms with E-state index >= 15 is 0 Å². The lowest BCUT2D eigenvalue weighted by molar-refractivity contribution is -0.352. The van der Waals surface area contributed by atoms with E-state index in [1.165, 1.54) is 0 Å². The first-order chi connectivity index (χ1) is 3.31. The molecule has 0 atom stereocenters. The number of ether oxygens (including phenoxy) is 1. The fraction of sp³-hybridized carbons (Fsp3) is 0.500. The molecule has 0 aromatic rings. The molecule has 0 aromatic carbocycles. The standard InChI is InChI=1S/C4H6O3/c1-2-7-4(6)3-5/h6H,2H2,1H3/p-1. The second-order valence-electron chi connectivity index (χ2n) is 0.823. The Kier molecular flexibility index (Phi) is 2.81. The average molecular weight is 101 g/mol. The molecule has 7 heavy (non-hydrogen) atoms. The van der Waals surface area contributed by atoms with Gasteiger partial charge in [0.25, 0.3) is 0 Å². The van der Waals surface area contributed by atoms with Crippen molar-refractivity contribution in [2.24, 2.45) is 0 Å². The Morgan fingerprint density at radius 2 is 2.57 bits per heavy atom. The van der Waals surface area contributed by atoms with Crippen molar-refractivity contribution >= 4 is 5.94 Å². The van der Waals surface area contributed by atoms with Crippen LogP contribution in [-0.4, -0.2) is 12.5 Å². The zero-order valence-electron chi connectivity index (χ0n) is 3.93. The van der Waals surface area contributed by atoms with Crippen LogP contribution < -0.4 is 5.11 Å². The van der Waals surface area contributed by atoms with E-state index in [9.17, 15) is 9.90 Å². The highest BCUT2D eigenvalue weighted by atomic mass is 16.6. The van der Waals surface area contributed by atoms with E-state index in [1.54, 1.807) is 6.92 Å². The van der Waals surface area contributed by atoms with Gasteiger partial charge in [0.15, 0.2) is 0 Å². The first-order valence-electron chi connectivity index (χ1n) is 1.86. The summed E-state index contributed by atoms with van der Waals surface area (Å²) < 4.78 is 4.13. The summed E-state index contributed by atoms with van der Waals surface area (Å²) in [6.07, 6.45) is 0. The van der Waals surface area contributed by atoms with E-state index in [4.69, 9.17) is 0 Å². The van der Waals surface area contributed by atoms with Crippen molar-refractivity contribution in [2.45, 2.75) is 6.92 Å². The molecule has 3 nitrogen and oxygen atoms in total. The third-order valence-corrected chi connectivity index (χ3v) is 0.359. The molecule has 0 aliphatic heterocycles. The fourth-order valence-electron chi connectivity index (χ4n) is 0.161. The minimum Gasteiger partial charge on any atom is -0.606 e. The van der Waals surface area contributed by atoms with Crippen LogP contribution >= 0.6 is 0 Å². The van der Waals surface area contributed by atoms with Crippen LogP contribution in [0.2, 0.25) is 0 Å². The lowest BCUT2D eigenvalue weighted by Gasteiger charge is -2.05. The summed E-state index contributed by atoms with van der Waals surface area (Å²) in [4.78, 5) is 9.30. The van der Waals surface area contributed by atoms with Crippen molar-refractivity contribution in [3.63, 3.8) is 0 Å². The second-order valence-corrected chi connectivity index (χ2v) is 0.823. The summed E-state index contributed by atoms with van der Waals surface area (Å²) >= 11 is 0. The normalized spacial score (nSPS) is 7.00. The Morgan fingerprint density at radius 1 is 2.00 bits per heavy atom. The fourth-order valence-corrected chi connectivity index (χ4v) is 0.161. The van der Waals surface area contributed by atoms with Crippen LogP contribution in [-0.2, 0) is 9.53 Å². The van der Waals surface area contributed by atoms with Gasteiger partial charge in [0.05, 0.1) is 0 Å². The molecule has 0 unspecified atom stereocenters. The number of carbonyl (C=O) groups excluding carboxylic acids is 1. The van der Waals surface area contributed by atoms with Crippen LogP contribution in [0, 0.1) is 0 Å². The highest BCUT2D eigenvalue weighted by Crippen LogP contribution is 1.74. The highest BCUT2D eigenvalue weighted by molar-refractivity contribution is 5.45. The smallest absolute Gasteiger partial charge is 0.148 e. The van der Waals surface area contributed by atoms with Gasteiger partial charge in [-0.05, 0) is 6.61 Å². The van der Waals surface area contributed by atoms with Crippen molar-refractivity contribution in [3.05, 3.63) is 5.95 Å². The van der Waals surface area contributed by atoms with E-state index in [0.29, 0.717) is 0 Å². The van der Waals surface area contributed by atoms with Gasteiger partial charge in [0, 0.05) is 0 Å². The van der Waals surface area contributed by atoms with Gasteiger partial charge in [-0.3, -0.25) is 0 Å². The van der Waals surface area contributed by atoms with E-state index in [-0.39, 0.29) is 6.61 Å². The van der Waals surface area contributed by atoms with Crippen LogP contribution in [0.4, 0.5) is 0 Å². The first-order valence-corrected chi connectivity index (χ1v) is 1.86. The Bertz CT molecular complexity index is 91.1. The molecule has 0 amide bonds. The molecule has 0 aliphatic carbocycles. The topological polar surface area (TPSA) is 49.4 Å². The first kappa shape index (κ1) is 6.05. The van der Waals surface area contributed by atoms with Crippen LogP contribution in [0.1, 0.15) is 6.92 Å². The summed E-state index contributed by atoms with van der Waals surface area (Å²) in [6, 6.07) is 0.